The smallest absolute Gasteiger partial charge is 0.153 e. The van der Waals surface area contributed by atoms with Crippen molar-refractivity contribution >= 4 is 6.29 Å². The molecule has 0 aliphatic carbocycles. The molecule has 0 saturated carbocycles. The van der Waals surface area contributed by atoms with Gasteiger partial charge in [-0.15, -0.1) is 0 Å². The minimum atomic E-state index is -0.586. The Bertz CT molecular complexity index is 352. The van der Waals surface area contributed by atoms with Crippen LogP contribution < -0.4 is 10.1 Å². The van der Waals surface area contributed by atoms with Gasteiger partial charge >= 0.3 is 0 Å². The first kappa shape index (κ1) is 13.7. The monoisotopic (exact) mass is 237 g/mol. The van der Waals surface area contributed by atoms with Crippen molar-refractivity contribution in [1.82, 2.24) is 5.32 Å². The zero-order valence-electron chi connectivity index (χ0n) is 10.2. The summed E-state index contributed by atoms with van der Waals surface area (Å²) < 4.78 is 5.40. The molecule has 0 aliphatic heterocycles. The fraction of sp³-hybridized carbons (Fsp3) is 0.462. The van der Waals surface area contributed by atoms with Crippen molar-refractivity contribution in [2.45, 2.75) is 26.0 Å². The first-order valence-electron chi connectivity index (χ1n) is 5.72. The third-order valence-electron chi connectivity index (χ3n) is 2.24. The first-order chi connectivity index (χ1) is 8.13. The lowest BCUT2D eigenvalue weighted by atomic mass is 10.2. The van der Waals surface area contributed by atoms with E-state index in [1.807, 2.05) is 13.8 Å². The summed E-state index contributed by atoms with van der Waals surface area (Å²) in [5, 5.41) is 12.8. The summed E-state index contributed by atoms with van der Waals surface area (Å²) in [6, 6.07) is 7.29. The summed E-state index contributed by atoms with van der Waals surface area (Å²) in [6.45, 7) is 4.66. The number of para-hydroxylation sites is 1. The molecule has 2 N–H and O–H groups in total. The fourth-order valence-electron chi connectivity index (χ4n) is 1.33. The van der Waals surface area contributed by atoms with Crippen molar-refractivity contribution in [1.29, 1.82) is 0 Å². The molecule has 1 unspecified atom stereocenters. The van der Waals surface area contributed by atoms with Crippen LogP contribution in [0.15, 0.2) is 24.3 Å². The SMILES string of the molecule is CC(C)NCC(O)COc1ccccc1C=O. The molecule has 94 valence electrons. The predicted molar refractivity (Wildman–Crippen MR) is 66.5 cm³/mol. The average molecular weight is 237 g/mol. The lowest BCUT2D eigenvalue weighted by Crippen LogP contribution is -2.35. The number of rotatable bonds is 7. The van der Waals surface area contributed by atoms with Gasteiger partial charge in [0.15, 0.2) is 6.29 Å². The number of hydrogen-bond acceptors (Lipinski definition) is 4. The molecule has 0 saturated heterocycles. The van der Waals surface area contributed by atoms with Crippen LogP contribution in [-0.2, 0) is 0 Å². The van der Waals surface area contributed by atoms with Crippen LogP contribution in [0.3, 0.4) is 0 Å². The quantitative estimate of drug-likeness (QED) is 0.700. The topological polar surface area (TPSA) is 58.6 Å². The van der Waals surface area contributed by atoms with Gasteiger partial charge in [0.05, 0.1) is 5.56 Å². The highest BCUT2D eigenvalue weighted by Crippen LogP contribution is 2.15. The van der Waals surface area contributed by atoms with Crippen LogP contribution >= 0.6 is 0 Å². The number of aliphatic hydroxyl groups is 1. The lowest BCUT2D eigenvalue weighted by Gasteiger charge is -2.15. The molecule has 0 spiro atoms. The molecule has 0 radical (unpaired) electrons. The second-order valence-corrected chi connectivity index (χ2v) is 4.18. The maximum Gasteiger partial charge on any atom is 0.153 e. The summed E-state index contributed by atoms with van der Waals surface area (Å²) in [4.78, 5) is 10.7. The number of hydrogen-bond donors (Lipinski definition) is 2. The van der Waals surface area contributed by atoms with Gasteiger partial charge in [0, 0.05) is 12.6 Å². The first-order valence-corrected chi connectivity index (χ1v) is 5.72. The van der Waals surface area contributed by atoms with Crippen LogP contribution in [0.4, 0.5) is 0 Å². The summed E-state index contributed by atoms with van der Waals surface area (Å²) in [7, 11) is 0. The Morgan fingerprint density at radius 2 is 2.12 bits per heavy atom. The van der Waals surface area contributed by atoms with Crippen molar-refractivity contribution in [3.8, 4) is 5.75 Å². The van der Waals surface area contributed by atoms with Gasteiger partial charge in [-0.05, 0) is 12.1 Å². The minimum absolute atomic E-state index is 0.171. The summed E-state index contributed by atoms with van der Waals surface area (Å²) in [5.74, 6) is 0.506. The maximum absolute atomic E-state index is 10.7. The normalized spacial score (nSPS) is 12.5. The molecule has 0 heterocycles. The van der Waals surface area contributed by atoms with Crippen molar-refractivity contribution in [2.24, 2.45) is 0 Å². The van der Waals surface area contributed by atoms with Crippen LogP contribution in [0.25, 0.3) is 0 Å². The van der Waals surface area contributed by atoms with E-state index in [0.29, 0.717) is 23.9 Å². The highest BCUT2D eigenvalue weighted by atomic mass is 16.5. The number of aliphatic hydroxyl groups excluding tert-OH is 1. The van der Waals surface area contributed by atoms with E-state index in [0.717, 1.165) is 6.29 Å². The van der Waals surface area contributed by atoms with E-state index < -0.39 is 6.10 Å². The summed E-state index contributed by atoms with van der Waals surface area (Å²) in [6.07, 6.45) is 0.158. The van der Waals surface area contributed by atoms with Crippen molar-refractivity contribution in [3.63, 3.8) is 0 Å². The predicted octanol–water partition coefficient (Wildman–Crippen LogP) is 1.24. The average Bonchev–Trinajstić information content (AvgIpc) is 2.34. The van der Waals surface area contributed by atoms with Gasteiger partial charge in [-0.1, -0.05) is 26.0 Å². The lowest BCUT2D eigenvalue weighted by molar-refractivity contribution is 0.102. The Balaban J connectivity index is 2.41. The molecule has 1 aromatic carbocycles. The van der Waals surface area contributed by atoms with Gasteiger partial charge in [-0.2, -0.15) is 0 Å². The number of ether oxygens (including phenoxy) is 1. The zero-order chi connectivity index (χ0) is 12.7. The molecular weight excluding hydrogens is 218 g/mol. The van der Waals surface area contributed by atoms with E-state index in [1.54, 1.807) is 24.3 Å². The Morgan fingerprint density at radius 1 is 1.41 bits per heavy atom. The third kappa shape index (κ3) is 4.97. The van der Waals surface area contributed by atoms with E-state index in [-0.39, 0.29) is 6.61 Å². The Hall–Kier alpha value is -1.39. The number of benzene rings is 1. The Kier molecular flexibility index (Phi) is 5.66. The van der Waals surface area contributed by atoms with E-state index in [1.165, 1.54) is 0 Å². The molecule has 0 aliphatic rings. The maximum atomic E-state index is 10.7. The van der Waals surface area contributed by atoms with Crippen molar-refractivity contribution in [3.05, 3.63) is 29.8 Å². The van der Waals surface area contributed by atoms with E-state index in [9.17, 15) is 9.90 Å². The highest BCUT2D eigenvalue weighted by Gasteiger charge is 2.07. The molecule has 4 heteroatoms. The second-order valence-electron chi connectivity index (χ2n) is 4.18. The highest BCUT2D eigenvalue weighted by molar-refractivity contribution is 5.79. The van der Waals surface area contributed by atoms with Crippen LogP contribution in [0.2, 0.25) is 0 Å². The fourth-order valence-corrected chi connectivity index (χ4v) is 1.33. The van der Waals surface area contributed by atoms with Gasteiger partial charge in [-0.3, -0.25) is 4.79 Å². The van der Waals surface area contributed by atoms with E-state index in [2.05, 4.69) is 5.32 Å². The van der Waals surface area contributed by atoms with Crippen LogP contribution in [-0.4, -0.2) is 36.7 Å². The molecule has 1 aromatic rings. The van der Waals surface area contributed by atoms with Gasteiger partial charge in [-0.25, -0.2) is 0 Å². The molecule has 1 rings (SSSR count). The van der Waals surface area contributed by atoms with Crippen LogP contribution in [0.5, 0.6) is 5.75 Å². The Labute approximate surface area is 102 Å². The molecule has 0 aromatic heterocycles. The molecule has 0 amide bonds. The zero-order valence-corrected chi connectivity index (χ0v) is 10.2. The number of carbonyl (C=O) groups is 1. The summed E-state index contributed by atoms with van der Waals surface area (Å²) >= 11 is 0. The molecule has 17 heavy (non-hydrogen) atoms. The van der Waals surface area contributed by atoms with Crippen LogP contribution in [0.1, 0.15) is 24.2 Å². The largest absolute Gasteiger partial charge is 0.490 e. The standard InChI is InChI=1S/C13H19NO3/c1-10(2)14-7-12(16)9-17-13-6-4-3-5-11(13)8-15/h3-6,8,10,12,14,16H,7,9H2,1-2H3. The molecule has 0 fully saturated rings. The van der Waals surface area contributed by atoms with E-state index in [4.69, 9.17) is 4.74 Å². The van der Waals surface area contributed by atoms with E-state index >= 15 is 0 Å². The molecule has 4 nitrogen and oxygen atoms in total. The number of carbonyl (C=O) groups excluding carboxylic acids is 1. The van der Waals surface area contributed by atoms with Gasteiger partial charge in [0.2, 0.25) is 0 Å². The van der Waals surface area contributed by atoms with Crippen molar-refractivity contribution < 1.29 is 14.6 Å². The molecule has 0 bridgehead atoms. The van der Waals surface area contributed by atoms with Crippen molar-refractivity contribution in [2.75, 3.05) is 13.2 Å². The minimum Gasteiger partial charge on any atom is -0.490 e. The number of aldehydes is 1. The second kappa shape index (κ2) is 7.04. The van der Waals surface area contributed by atoms with Gasteiger partial charge < -0.3 is 15.2 Å². The molecular formula is C13H19NO3. The number of nitrogens with one attached hydrogen (secondary N) is 1. The third-order valence-corrected chi connectivity index (χ3v) is 2.24. The Morgan fingerprint density at radius 3 is 2.76 bits per heavy atom. The van der Waals surface area contributed by atoms with Gasteiger partial charge in [0.25, 0.3) is 0 Å². The summed E-state index contributed by atoms with van der Waals surface area (Å²) in [5.41, 5.74) is 0.497. The molecule has 1 atom stereocenters. The van der Waals surface area contributed by atoms with Gasteiger partial charge in [0.1, 0.15) is 18.5 Å². The van der Waals surface area contributed by atoms with Crippen LogP contribution in [0, 0.1) is 0 Å².